The van der Waals surface area contributed by atoms with Crippen LogP contribution in [0.3, 0.4) is 0 Å². The van der Waals surface area contributed by atoms with Gasteiger partial charge in [-0.05, 0) is 63.8 Å². The van der Waals surface area contributed by atoms with E-state index in [2.05, 4.69) is 91.2 Å². The van der Waals surface area contributed by atoms with Gasteiger partial charge in [0.05, 0.1) is 13.1 Å². The third-order valence-electron chi connectivity index (χ3n) is 5.02. The fraction of sp³-hybridized carbons (Fsp3) is 0.435. The first kappa shape index (κ1) is 27.8. The molecule has 0 saturated carbocycles. The van der Waals surface area contributed by atoms with Gasteiger partial charge in [-0.2, -0.15) is 0 Å². The highest BCUT2D eigenvalue weighted by Gasteiger charge is 2.31. The van der Waals surface area contributed by atoms with E-state index < -0.39 is 4.30 Å². The Kier molecular flexibility index (Phi) is 11.2. The van der Waals surface area contributed by atoms with E-state index >= 15 is 0 Å². The second-order valence-electron chi connectivity index (χ2n) is 7.67. The van der Waals surface area contributed by atoms with Crippen molar-refractivity contribution in [3.05, 3.63) is 57.6 Å². The third kappa shape index (κ3) is 6.87. The predicted molar refractivity (Wildman–Crippen MR) is 133 cm³/mol. The van der Waals surface area contributed by atoms with Crippen molar-refractivity contribution in [1.82, 2.24) is 0 Å². The van der Waals surface area contributed by atoms with Gasteiger partial charge in [-0.3, -0.25) is 0 Å². The minimum Gasteiger partial charge on any atom is -1.00 e. The molecule has 166 valence electrons. The van der Waals surface area contributed by atoms with Crippen LogP contribution in [0.15, 0.2) is 24.3 Å². The molecule has 0 fully saturated rings. The SMILES string of the molecule is Cc1cc(C)c(N2CCC[N+](c3c(C)cc(C)cc3C)=C2Br)c(C)c1.ClC(Cl)Cl.[Br-]. The Labute approximate surface area is 215 Å². The quantitative estimate of drug-likeness (QED) is 0.272. The van der Waals surface area contributed by atoms with Crippen LogP contribution in [0.2, 0.25) is 0 Å². The van der Waals surface area contributed by atoms with Gasteiger partial charge in [-0.25, -0.2) is 9.48 Å². The number of halogens is 5. The number of amidine groups is 1. The summed E-state index contributed by atoms with van der Waals surface area (Å²) in [4.78, 5) is 2.44. The number of anilines is 1. The largest absolute Gasteiger partial charge is 1.00 e. The molecule has 0 aromatic heterocycles. The maximum Gasteiger partial charge on any atom is 0.325 e. The molecule has 0 unspecified atom stereocenters. The summed E-state index contributed by atoms with van der Waals surface area (Å²) >= 11 is 18.4. The second kappa shape index (κ2) is 12.1. The molecule has 0 N–H and O–H groups in total. The Morgan fingerprint density at radius 2 is 1.23 bits per heavy atom. The zero-order valence-corrected chi connectivity index (χ0v) is 23.7. The molecule has 2 aromatic rings. The molecule has 0 atom stereocenters. The van der Waals surface area contributed by atoms with E-state index in [-0.39, 0.29) is 17.0 Å². The highest BCUT2D eigenvalue weighted by atomic mass is 79.9. The smallest absolute Gasteiger partial charge is 0.325 e. The Morgan fingerprint density at radius 1 is 0.833 bits per heavy atom. The zero-order chi connectivity index (χ0) is 21.9. The molecule has 0 bridgehead atoms. The average Bonchev–Trinajstić information content (AvgIpc) is 2.55. The van der Waals surface area contributed by atoms with E-state index in [0.717, 1.165) is 24.3 Å². The lowest BCUT2D eigenvalue weighted by atomic mass is 10.0. The predicted octanol–water partition coefficient (Wildman–Crippen LogP) is 4.83. The first-order valence-corrected chi connectivity index (χ1v) is 11.8. The molecule has 2 aromatic carbocycles. The highest BCUT2D eigenvalue weighted by Crippen LogP contribution is 2.33. The Morgan fingerprint density at radius 3 is 1.67 bits per heavy atom. The van der Waals surface area contributed by atoms with Gasteiger partial charge >= 0.3 is 4.74 Å². The van der Waals surface area contributed by atoms with Gasteiger partial charge in [0.2, 0.25) is 0 Å². The molecular weight excluding hydrogens is 570 g/mol. The molecule has 0 spiro atoms. The molecule has 30 heavy (non-hydrogen) atoms. The number of aryl methyl sites for hydroxylation is 6. The van der Waals surface area contributed by atoms with Crippen LogP contribution in [0.4, 0.5) is 11.4 Å². The lowest BCUT2D eigenvalue weighted by Gasteiger charge is -2.27. The number of hydrogen-bond donors (Lipinski definition) is 0. The van der Waals surface area contributed by atoms with E-state index in [1.165, 1.54) is 44.8 Å². The van der Waals surface area contributed by atoms with Crippen LogP contribution in [0.5, 0.6) is 0 Å². The van der Waals surface area contributed by atoms with Crippen LogP contribution in [0.1, 0.15) is 39.8 Å². The standard InChI is InChI=1S/C22H28BrN2.CHCl3.BrH/c1-14-10-16(3)20(17(4)11-14)24-8-7-9-25(22(24)23)21-18(5)12-15(2)13-19(21)6;2-1(3)4;/h10-13H,7-9H2,1-6H3;1H;1H/q+1;;/p-1. The molecule has 1 heterocycles. The first-order valence-electron chi connectivity index (χ1n) is 9.68. The normalized spacial score (nSPS) is 13.8. The summed E-state index contributed by atoms with van der Waals surface area (Å²) in [6.07, 6.45) is 1.15. The van der Waals surface area contributed by atoms with Crippen LogP contribution in [0, 0.1) is 41.5 Å². The van der Waals surface area contributed by atoms with Gasteiger partial charge in [0.1, 0.15) is 11.4 Å². The number of nitrogens with zero attached hydrogens (tertiary/aromatic N) is 2. The lowest BCUT2D eigenvalue weighted by molar-refractivity contribution is -0.443. The van der Waals surface area contributed by atoms with Crippen LogP contribution in [-0.4, -0.2) is 26.7 Å². The summed E-state index contributed by atoms with van der Waals surface area (Å²) in [5, 5.41) is 0. The van der Waals surface area contributed by atoms with Crippen LogP contribution in [0.25, 0.3) is 0 Å². The maximum atomic E-state index is 4.81. The molecule has 1 aliphatic heterocycles. The van der Waals surface area contributed by atoms with Crippen molar-refractivity contribution >= 4 is 66.9 Å². The minimum absolute atomic E-state index is 0. The monoisotopic (exact) mass is 596 g/mol. The van der Waals surface area contributed by atoms with Gasteiger partial charge in [0, 0.05) is 22.4 Å². The Bertz CT molecular complexity index is 878. The number of rotatable bonds is 2. The van der Waals surface area contributed by atoms with Gasteiger partial charge in [-0.1, -0.05) is 70.2 Å². The van der Waals surface area contributed by atoms with Crippen LogP contribution < -0.4 is 21.9 Å². The Balaban J connectivity index is 0.000000827. The molecule has 7 heteroatoms. The topological polar surface area (TPSA) is 6.25 Å². The molecule has 1 aliphatic rings. The van der Waals surface area contributed by atoms with E-state index in [0.29, 0.717) is 0 Å². The molecule has 3 rings (SSSR count). The number of hydrogen-bond acceptors (Lipinski definition) is 1. The fourth-order valence-corrected chi connectivity index (χ4v) is 5.03. The van der Waals surface area contributed by atoms with E-state index in [9.17, 15) is 0 Å². The number of benzene rings is 2. The van der Waals surface area contributed by atoms with Crippen molar-refractivity contribution < 1.29 is 21.6 Å². The van der Waals surface area contributed by atoms with Gasteiger partial charge in [-0.15, -0.1) is 0 Å². The maximum absolute atomic E-state index is 4.81. The summed E-state index contributed by atoms with van der Waals surface area (Å²) in [6.45, 7) is 15.3. The first-order chi connectivity index (χ1) is 13.5. The van der Waals surface area contributed by atoms with Crippen molar-refractivity contribution in [2.45, 2.75) is 52.3 Å². The molecule has 2 nitrogen and oxygen atoms in total. The average molecular weight is 600 g/mol. The van der Waals surface area contributed by atoms with Crippen LogP contribution >= 0.6 is 50.7 Å². The number of alkyl halides is 3. The fourth-order valence-electron chi connectivity index (χ4n) is 4.32. The van der Waals surface area contributed by atoms with Gasteiger partial charge in [0.15, 0.2) is 4.30 Å². The minimum atomic E-state index is -0.750. The summed E-state index contributed by atoms with van der Waals surface area (Å²) in [6, 6.07) is 9.13. The van der Waals surface area contributed by atoms with E-state index in [1.807, 2.05) is 0 Å². The molecule has 0 saturated heterocycles. The van der Waals surface area contributed by atoms with Crippen LogP contribution in [-0.2, 0) is 0 Å². The van der Waals surface area contributed by atoms with Gasteiger partial charge < -0.3 is 17.0 Å². The molecule has 0 radical (unpaired) electrons. The van der Waals surface area contributed by atoms with Crippen molar-refractivity contribution in [2.24, 2.45) is 0 Å². The van der Waals surface area contributed by atoms with Gasteiger partial charge in [0.25, 0.3) is 0 Å². The summed E-state index contributed by atoms with van der Waals surface area (Å²) < 4.78 is 2.84. The summed E-state index contributed by atoms with van der Waals surface area (Å²) in [5.74, 6) is 0. The molecule has 0 amide bonds. The summed E-state index contributed by atoms with van der Waals surface area (Å²) in [5.41, 5.74) is 10.7. The van der Waals surface area contributed by atoms with Crippen molar-refractivity contribution in [2.75, 3.05) is 18.0 Å². The van der Waals surface area contributed by atoms with Crippen molar-refractivity contribution in [1.29, 1.82) is 0 Å². The molecule has 0 aliphatic carbocycles. The van der Waals surface area contributed by atoms with E-state index in [4.69, 9.17) is 34.8 Å². The van der Waals surface area contributed by atoms with Crippen molar-refractivity contribution in [3.63, 3.8) is 0 Å². The lowest BCUT2D eigenvalue weighted by Crippen LogP contribution is -3.00. The zero-order valence-electron chi connectivity index (χ0n) is 18.3. The third-order valence-corrected chi connectivity index (χ3v) is 5.88. The highest BCUT2D eigenvalue weighted by molar-refractivity contribution is 9.18. The summed E-state index contributed by atoms with van der Waals surface area (Å²) in [7, 11) is 0. The van der Waals surface area contributed by atoms with Crippen molar-refractivity contribution in [3.8, 4) is 0 Å². The second-order valence-corrected chi connectivity index (χ2v) is 10.4. The van der Waals surface area contributed by atoms with E-state index in [1.54, 1.807) is 0 Å². The Hall–Kier alpha value is -0.260. The molecular formula is C23H29Br2Cl3N2.